The Morgan fingerprint density at radius 2 is 1.78 bits per heavy atom. The summed E-state index contributed by atoms with van der Waals surface area (Å²) in [7, 11) is 3.22. The number of carboxylic acid groups (broad SMARTS) is 1. The Morgan fingerprint density at radius 3 is 2.33 bits per heavy atom. The first-order valence-electron chi connectivity index (χ1n) is 8.97. The van der Waals surface area contributed by atoms with Crippen molar-refractivity contribution in [1.29, 1.82) is 0 Å². The molecule has 1 aliphatic heterocycles. The molecule has 1 saturated heterocycles. The van der Waals surface area contributed by atoms with Gasteiger partial charge in [-0.25, -0.2) is 4.39 Å². The topological polar surface area (TPSA) is 59.0 Å². The van der Waals surface area contributed by atoms with Gasteiger partial charge in [-0.3, -0.25) is 9.69 Å². The summed E-state index contributed by atoms with van der Waals surface area (Å²) in [4.78, 5) is 13.5. The molecule has 0 aliphatic carbocycles. The Bertz CT molecular complexity index is 785. The van der Waals surface area contributed by atoms with E-state index < -0.39 is 5.97 Å². The van der Waals surface area contributed by atoms with Gasteiger partial charge in [0.2, 0.25) is 0 Å². The maximum atomic E-state index is 13.5. The van der Waals surface area contributed by atoms with Gasteiger partial charge in [-0.05, 0) is 61.8 Å². The molecule has 2 aromatic rings. The maximum Gasteiger partial charge on any atom is 0.306 e. The second-order valence-corrected chi connectivity index (χ2v) is 6.71. The zero-order valence-corrected chi connectivity index (χ0v) is 15.5. The summed E-state index contributed by atoms with van der Waals surface area (Å²) in [5.41, 5.74) is 1.84. The SMILES string of the molecule is COc1ccc(OC)c(C(c2ccc(F)cc2)N2CCC(C(=O)O)CC2)c1. The Morgan fingerprint density at radius 1 is 1.11 bits per heavy atom. The second-order valence-electron chi connectivity index (χ2n) is 6.71. The third kappa shape index (κ3) is 4.22. The minimum absolute atomic E-state index is 0.176. The highest BCUT2D eigenvalue weighted by molar-refractivity contribution is 5.70. The fourth-order valence-electron chi connectivity index (χ4n) is 3.69. The predicted octanol–water partition coefficient (Wildman–Crippen LogP) is 3.73. The number of ether oxygens (including phenoxy) is 2. The minimum atomic E-state index is -0.744. The van der Waals surface area contributed by atoms with E-state index in [1.807, 2.05) is 18.2 Å². The van der Waals surface area contributed by atoms with Crippen molar-refractivity contribution in [1.82, 2.24) is 4.90 Å². The number of rotatable bonds is 6. The number of methoxy groups -OCH3 is 2. The number of halogens is 1. The molecule has 1 heterocycles. The number of hydrogen-bond acceptors (Lipinski definition) is 4. The Balaban J connectivity index is 2.01. The van der Waals surface area contributed by atoms with E-state index in [0.717, 1.165) is 11.1 Å². The third-order valence-corrected chi connectivity index (χ3v) is 5.16. The summed E-state index contributed by atoms with van der Waals surface area (Å²) in [6, 6.07) is 11.9. The third-order valence-electron chi connectivity index (χ3n) is 5.16. The predicted molar refractivity (Wildman–Crippen MR) is 99.7 cm³/mol. The van der Waals surface area contributed by atoms with Crippen LogP contribution in [0.5, 0.6) is 11.5 Å². The molecule has 0 saturated carbocycles. The standard InChI is InChI=1S/C21H24FNO4/c1-26-17-7-8-19(27-2)18(13-17)20(14-3-5-16(22)6-4-14)23-11-9-15(10-12-23)21(24)25/h3-8,13,15,20H,9-12H2,1-2H3,(H,24,25). The molecule has 2 aromatic carbocycles. The summed E-state index contributed by atoms with van der Waals surface area (Å²) in [6.45, 7) is 1.28. The highest BCUT2D eigenvalue weighted by atomic mass is 19.1. The average molecular weight is 373 g/mol. The van der Waals surface area contributed by atoms with Crippen LogP contribution in [-0.4, -0.2) is 43.3 Å². The Hall–Kier alpha value is -2.60. The van der Waals surface area contributed by atoms with Gasteiger partial charge in [-0.1, -0.05) is 12.1 Å². The molecule has 1 fully saturated rings. The quantitative estimate of drug-likeness (QED) is 0.836. The van der Waals surface area contributed by atoms with Crippen LogP contribution in [0.4, 0.5) is 4.39 Å². The summed E-state index contributed by atoms with van der Waals surface area (Å²) >= 11 is 0. The number of hydrogen-bond donors (Lipinski definition) is 1. The van der Waals surface area contributed by atoms with Crippen molar-refractivity contribution < 1.29 is 23.8 Å². The average Bonchev–Trinajstić information content (AvgIpc) is 2.70. The lowest BCUT2D eigenvalue weighted by atomic mass is 9.91. The molecule has 1 aliphatic rings. The van der Waals surface area contributed by atoms with Crippen LogP contribution < -0.4 is 9.47 Å². The molecule has 0 radical (unpaired) electrons. The summed E-state index contributed by atoms with van der Waals surface area (Å²) in [5.74, 6) is 0.0674. The highest BCUT2D eigenvalue weighted by Gasteiger charge is 2.31. The van der Waals surface area contributed by atoms with Gasteiger partial charge < -0.3 is 14.6 Å². The monoisotopic (exact) mass is 373 g/mol. The molecule has 3 rings (SSSR count). The minimum Gasteiger partial charge on any atom is -0.497 e. The van der Waals surface area contributed by atoms with Crippen molar-refractivity contribution >= 4 is 5.97 Å². The van der Waals surface area contributed by atoms with Crippen molar-refractivity contribution in [2.75, 3.05) is 27.3 Å². The van der Waals surface area contributed by atoms with Crippen molar-refractivity contribution in [2.24, 2.45) is 5.92 Å². The van der Waals surface area contributed by atoms with Gasteiger partial charge >= 0.3 is 5.97 Å². The van der Waals surface area contributed by atoms with E-state index in [1.165, 1.54) is 12.1 Å². The van der Waals surface area contributed by atoms with Crippen LogP contribution in [0.3, 0.4) is 0 Å². The first-order chi connectivity index (χ1) is 13.0. The van der Waals surface area contributed by atoms with Gasteiger partial charge in [-0.2, -0.15) is 0 Å². The zero-order valence-electron chi connectivity index (χ0n) is 15.5. The molecule has 27 heavy (non-hydrogen) atoms. The normalized spacial score (nSPS) is 16.7. The lowest BCUT2D eigenvalue weighted by molar-refractivity contribution is -0.143. The number of likely N-dealkylation sites (tertiary alicyclic amines) is 1. The second kappa shape index (κ2) is 8.39. The van der Waals surface area contributed by atoms with E-state index in [4.69, 9.17) is 9.47 Å². The lowest BCUT2D eigenvalue weighted by Gasteiger charge is -2.37. The fraction of sp³-hybridized carbons (Fsp3) is 0.381. The molecule has 1 unspecified atom stereocenters. The Labute approximate surface area is 158 Å². The van der Waals surface area contributed by atoms with Crippen LogP contribution in [0.1, 0.15) is 30.0 Å². The number of nitrogens with zero attached hydrogens (tertiary/aromatic N) is 1. The van der Waals surface area contributed by atoms with E-state index in [1.54, 1.807) is 26.4 Å². The fourth-order valence-corrected chi connectivity index (χ4v) is 3.69. The molecule has 0 amide bonds. The number of carbonyl (C=O) groups is 1. The molecule has 144 valence electrons. The Kier molecular flexibility index (Phi) is 5.96. The molecule has 1 atom stereocenters. The first-order valence-corrected chi connectivity index (χ1v) is 8.97. The van der Waals surface area contributed by atoms with E-state index in [-0.39, 0.29) is 17.8 Å². The van der Waals surface area contributed by atoms with Crippen LogP contribution in [0.15, 0.2) is 42.5 Å². The molecule has 6 heteroatoms. The van der Waals surface area contributed by atoms with Crippen LogP contribution in [0, 0.1) is 11.7 Å². The van der Waals surface area contributed by atoms with Crippen molar-refractivity contribution in [3.63, 3.8) is 0 Å². The number of piperidine rings is 1. The number of aliphatic carboxylic acids is 1. The highest BCUT2D eigenvalue weighted by Crippen LogP contribution is 2.39. The molecule has 5 nitrogen and oxygen atoms in total. The molecular formula is C21H24FNO4. The van der Waals surface area contributed by atoms with E-state index in [2.05, 4.69) is 4.90 Å². The first kappa shape index (κ1) is 19.2. The van der Waals surface area contributed by atoms with E-state index >= 15 is 0 Å². The molecule has 0 bridgehead atoms. The van der Waals surface area contributed by atoms with Crippen LogP contribution in [-0.2, 0) is 4.79 Å². The molecule has 0 spiro atoms. The number of benzene rings is 2. The lowest BCUT2D eigenvalue weighted by Crippen LogP contribution is -2.39. The van der Waals surface area contributed by atoms with Gasteiger partial charge in [0, 0.05) is 5.56 Å². The number of carboxylic acids is 1. The van der Waals surface area contributed by atoms with Gasteiger partial charge in [0.25, 0.3) is 0 Å². The summed E-state index contributed by atoms with van der Waals surface area (Å²) < 4.78 is 24.4. The van der Waals surface area contributed by atoms with Crippen molar-refractivity contribution in [2.45, 2.75) is 18.9 Å². The largest absolute Gasteiger partial charge is 0.497 e. The van der Waals surface area contributed by atoms with Crippen molar-refractivity contribution in [3.8, 4) is 11.5 Å². The van der Waals surface area contributed by atoms with Gasteiger partial charge in [0.05, 0.1) is 26.2 Å². The van der Waals surface area contributed by atoms with Crippen LogP contribution in [0.2, 0.25) is 0 Å². The van der Waals surface area contributed by atoms with Gasteiger partial charge in [-0.15, -0.1) is 0 Å². The van der Waals surface area contributed by atoms with Crippen molar-refractivity contribution in [3.05, 3.63) is 59.4 Å². The van der Waals surface area contributed by atoms with Crippen LogP contribution in [0.25, 0.3) is 0 Å². The smallest absolute Gasteiger partial charge is 0.306 e. The summed E-state index contributed by atoms with van der Waals surface area (Å²) in [5, 5.41) is 9.28. The van der Waals surface area contributed by atoms with E-state index in [9.17, 15) is 14.3 Å². The molecule has 0 aromatic heterocycles. The summed E-state index contributed by atoms with van der Waals surface area (Å²) in [6.07, 6.45) is 1.17. The molecular weight excluding hydrogens is 349 g/mol. The van der Waals surface area contributed by atoms with E-state index in [0.29, 0.717) is 37.4 Å². The maximum absolute atomic E-state index is 13.5. The molecule has 1 N–H and O–H groups in total. The van der Waals surface area contributed by atoms with Gasteiger partial charge in [0.15, 0.2) is 0 Å². The van der Waals surface area contributed by atoms with Gasteiger partial charge in [0.1, 0.15) is 17.3 Å². The zero-order chi connectivity index (χ0) is 19.4. The van der Waals surface area contributed by atoms with Crippen LogP contribution >= 0.6 is 0 Å².